The van der Waals surface area contributed by atoms with Crippen molar-refractivity contribution in [3.05, 3.63) is 11.1 Å². The quantitative estimate of drug-likeness (QED) is 0.621. The normalized spacial score (nSPS) is 13.6. The van der Waals surface area contributed by atoms with E-state index in [0.29, 0.717) is 5.92 Å². The van der Waals surface area contributed by atoms with Crippen molar-refractivity contribution in [2.75, 3.05) is 6.54 Å². The molecule has 0 aromatic heterocycles. The van der Waals surface area contributed by atoms with E-state index < -0.39 is 0 Å². The summed E-state index contributed by atoms with van der Waals surface area (Å²) in [6.07, 6.45) is 2.26. The van der Waals surface area contributed by atoms with Crippen LogP contribution in [-0.4, -0.2) is 6.54 Å². The zero-order chi connectivity index (χ0) is 8.85. The minimum atomic E-state index is 0.665. The molecule has 0 aliphatic rings. The van der Waals surface area contributed by atoms with Crippen molar-refractivity contribution in [2.45, 2.75) is 40.5 Å². The van der Waals surface area contributed by atoms with Crippen molar-refractivity contribution in [3.8, 4) is 0 Å². The number of allylic oxidation sites excluding steroid dienone is 1. The van der Waals surface area contributed by atoms with Crippen LogP contribution in [0.25, 0.3) is 0 Å². The Morgan fingerprint density at radius 1 is 1.18 bits per heavy atom. The molecular formula is C10H21N. The predicted molar refractivity (Wildman–Crippen MR) is 51.5 cm³/mol. The molecule has 0 bridgehead atoms. The second-order valence-corrected chi connectivity index (χ2v) is 3.19. The summed E-state index contributed by atoms with van der Waals surface area (Å²) in [4.78, 5) is 0. The zero-order valence-electron chi connectivity index (χ0n) is 8.28. The third-order valence-electron chi connectivity index (χ3n) is 2.21. The molecule has 0 rings (SSSR count). The van der Waals surface area contributed by atoms with Crippen LogP contribution >= 0.6 is 0 Å². The van der Waals surface area contributed by atoms with Gasteiger partial charge in [-0.2, -0.15) is 0 Å². The van der Waals surface area contributed by atoms with E-state index in [1.54, 1.807) is 5.57 Å². The average molecular weight is 155 g/mol. The smallest absolute Gasteiger partial charge is 0.0139 e. The van der Waals surface area contributed by atoms with Crippen molar-refractivity contribution in [3.63, 3.8) is 0 Å². The van der Waals surface area contributed by atoms with Gasteiger partial charge in [0.2, 0.25) is 0 Å². The van der Waals surface area contributed by atoms with Crippen molar-refractivity contribution in [2.24, 2.45) is 11.7 Å². The van der Waals surface area contributed by atoms with Gasteiger partial charge in [-0.15, -0.1) is 0 Å². The fraction of sp³-hybridized carbons (Fsp3) is 0.800. The minimum Gasteiger partial charge on any atom is -0.327 e. The van der Waals surface area contributed by atoms with Crippen molar-refractivity contribution in [1.29, 1.82) is 0 Å². The van der Waals surface area contributed by atoms with E-state index in [1.165, 1.54) is 5.57 Å². The van der Waals surface area contributed by atoms with Crippen LogP contribution in [-0.2, 0) is 0 Å². The van der Waals surface area contributed by atoms with E-state index >= 15 is 0 Å². The Morgan fingerprint density at radius 2 is 1.73 bits per heavy atom. The van der Waals surface area contributed by atoms with Gasteiger partial charge in [-0.25, -0.2) is 0 Å². The molecule has 0 amide bonds. The molecule has 11 heavy (non-hydrogen) atoms. The Hall–Kier alpha value is -0.300. The van der Waals surface area contributed by atoms with Gasteiger partial charge in [0, 0.05) is 6.54 Å². The van der Waals surface area contributed by atoms with Crippen LogP contribution in [0.3, 0.4) is 0 Å². The van der Waals surface area contributed by atoms with Gasteiger partial charge in [0.05, 0.1) is 0 Å². The van der Waals surface area contributed by atoms with E-state index in [0.717, 1.165) is 19.4 Å². The maximum absolute atomic E-state index is 5.64. The van der Waals surface area contributed by atoms with Crippen LogP contribution in [0, 0.1) is 5.92 Å². The lowest BCUT2D eigenvalue weighted by molar-refractivity contribution is 0.705. The Bertz CT molecular complexity index is 128. The minimum absolute atomic E-state index is 0.665. The highest BCUT2D eigenvalue weighted by Crippen LogP contribution is 2.19. The van der Waals surface area contributed by atoms with E-state index in [2.05, 4.69) is 27.7 Å². The summed E-state index contributed by atoms with van der Waals surface area (Å²) < 4.78 is 0. The third-order valence-corrected chi connectivity index (χ3v) is 2.21. The molecule has 0 aliphatic heterocycles. The van der Waals surface area contributed by atoms with Crippen LogP contribution in [0.1, 0.15) is 40.5 Å². The zero-order valence-corrected chi connectivity index (χ0v) is 8.28. The first-order valence-corrected chi connectivity index (χ1v) is 4.58. The molecule has 1 heteroatoms. The SMILES string of the molecule is CC/C(CN)=C(/CC)C(C)C. The summed E-state index contributed by atoms with van der Waals surface area (Å²) in [5.41, 5.74) is 8.64. The van der Waals surface area contributed by atoms with Gasteiger partial charge in [0.15, 0.2) is 0 Å². The molecule has 0 aromatic carbocycles. The molecule has 0 aromatic rings. The maximum Gasteiger partial charge on any atom is 0.0139 e. The number of rotatable bonds is 4. The fourth-order valence-electron chi connectivity index (χ4n) is 1.57. The molecule has 0 unspecified atom stereocenters. The van der Waals surface area contributed by atoms with Gasteiger partial charge >= 0.3 is 0 Å². The fourth-order valence-corrected chi connectivity index (χ4v) is 1.57. The summed E-state index contributed by atoms with van der Waals surface area (Å²) in [5.74, 6) is 0.665. The van der Waals surface area contributed by atoms with E-state index in [4.69, 9.17) is 5.73 Å². The topological polar surface area (TPSA) is 26.0 Å². The highest BCUT2D eigenvalue weighted by molar-refractivity contribution is 5.16. The first-order valence-electron chi connectivity index (χ1n) is 4.58. The third kappa shape index (κ3) is 3.06. The summed E-state index contributed by atoms with van der Waals surface area (Å²) in [7, 11) is 0. The van der Waals surface area contributed by atoms with Gasteiger partial charge in [-0.05, 0) is 18.8 Å². The van der Waals surface area contributed by atoms with Gasteiger partial charge in [-0.1, -0.05) is 38.8 Å². The van der Waals surface area contributed by atoms with Gasteiger partial charge in [0.25, 0.3) is 0 Å². The molecule has 66 valence electrons. The summed E-state index contributed by atoms with van der Waals surface area (Å²) >= 11 is 0. The lowest BCUT2D eigenvalue weighted by Crippen LogP contribution is -2.08. The van der Waals surface area contributed by atoms with E-state index in [1.807, 2.05) is 0 Å². The van der Waals surface area contributed by atoms with Crippen LogP contribution < -0.4 is 5.73 Å². The molecule has 2 N–H and O–H groups in total. The lowest BCUT2D eigenvalue weighted by Gasteiger charge is -2.14. The molecule has 0 aliphatic carbocycles. The number of nitrogens with two attached hydrogens (primary N) is 1. The Morgan fingerprint density at radius 3 is 1.82 bits per heavy atom. The molecule has 0 saturated carbocycles. The summed E-state index contributed by atoms with van der Waals surface area (Å²) in [6, 6.07) is 0. The Kier molecular flexibility index (Phi) is 5.22. The summed E-state index contributed by atoms with van der Waals surface area (Å²) in [6.45, 7) is 9.60. The molecule has 0 spiro atoms. The molecular weight excluding hydrogens is 134 g/mol. The largest absolute Gasteiger partial charge is 0.327 e. The van der Waals surface area contributed by atoms with Crippen molar-refractivity contribution in [1.82, 2.24) is 0 Å². The van der Waals surface area contributed by atoms with Crippen LogP contribution in [0.15, 0.2) is 11.1 Å². The lowest BCUT2D eigenvalue weighted by atomic mass is 9.94. The monoisotopic (exact) mass is 155 g/mol. The van der Waals surface area contributed by atoms with Crippen LogP contribution in [0.2, 0.25) is 0 Å². The van der Waals surface area contributed by atoms with Gasteiger partial charge in [0.1, 0.15) is 0 Å². The first kappa shape index (κ1) is 10.7. The average Bonchev–Trinajstić information content (AvgIpc) is 1.99. The second kappa shape index (κ2) is 5.36. The Balaban J connectivity index is 4.48. The molecule has 0 saturated heterocycles. The van der Waals surface area contributed by atoms with E-state index in [-0.39, 0.29) is 0 Å². The van der Waals surface area contributed by atoms with Gasteiger partial charge in [-0.3, -0.25) is 0 Å². The number of hydrogen-bond donors (Lipinski definition) is 1. The maximum atomic E-state index is 5.64. The molecule has 0 heterocycles. The first-order chi connectivity index (χ1) is 5.17. The highest BCUT2D eigenvalue weighted by Gasteiger charge is 2.05. The van der Waals surface area contributed by atoms with Crippen LogP contribution in [0.5, 0.6) is 0 Å². The predicted octanol–water partition coefficient (Wildman–Crippen LogP) is 2.72. The van der Waals surface area contributed by atoms with E-state index in [9.17, 15) is 0 Å². The van der Waals surface area contributed by atoms with Crippen molar-refractivity contribution >= 4 is 0 Å². The highest BCUT2D eigenvalue weighted by atomic mass is 14.5. The molecule has 1 nitrogen and oxygen atoms in total. The second-order valence-electron chi connectivity index (χ2n) is 3.19. The van der Waals surface area contributed by atoms with Gasteiger partial charge < -0.3 is 5.73 Å². The van der Waals surface area contributed by atoms with Crippen LogP contribution in [0.4, 0.5) is 0 Å². The standard InChI is InChI=1S/C10H21N/c1-5-9(7-11)10(6-2)8(3)4/h8H,5-7,11H2,1-4H3/b10-9+. The molecule has 0 atom stereocenters. The number of hydrogen-bond acceptors (Lipinski definition) is 1. The van der Waals surface area contributed by atoms with Crippen molar-refractivity contribution < 1.29 is 0 Å². The Labute approximate surface area is 70.7 Å². The molecule has 0 fully saturated rings. The molecule has 0 radical (unpaired) electrons. The summed E-state index contributed by atoms with van der Waals surface area (Å²) in [5, 5.41) is 0.